The van der Waals surface area contributed by atoms with Crippen LogP contribution in [0.1, 0.15) is 28.4 Å². The summed E-state index contributed by atoms with van der Waals surface area (Å²) in [5, 5.41) is 4.69. The molecule has 4 rings (SSSR count). The third-order valence-corrected chi connectivity index (χ3v) is 6.54. The number of fused-ring (bicyclic) bond motifs is 1. The van der Waals surface area contributed by atoms with Gasteiger partial charge in [0.05, 0.1) is 12.0 Å². The molecule has 1 atom stereocenters. The number of nitrogens with one attached hydrogen (secondary N) is 1. The third kappa shape index (κ3) is 3.63. The minimum atomic E-state index is -3.13. The monoisotopic (exact) mass is 384 g/mol. The summed E-state index contributed by atoms with van der Waals surface area (Å²) in [5.41, 5.74) is 8.85. The SMILES string of the molecule is Cc1ccc(C2=NNC(N3CCN(S(C)(=O)=O)CC3)c3ccccc32)cc1. The minimum Gasteiger partial charge on any atom is -0.288 e. The number of sulfonamides is 1. The molecule has 1 unspecified atom stereocenters. The van der Waals surface area contributed by atoms with Gasteiger partial charge in [-0.25, -0.2) is 8.42 Å². The normalized spacial score (nSPS) is 21.3. The first kappa shape index (κ1) is 18.2. The van der Waals surface area contributed by atoms with E-state index in [-0.39, 0.29) is 6.17 Å². The molecule has 1 N–H and O–H groups in total. The Morgan fingerprint density at radius 3 is 2.33 bits per heavy atom. The number of hydrazone groups is 1. The van der Waals surface area contributed by atoms with Crippen LogP contribution in [0, 0.1) is 6.92 Å². The predicted octanol–water partition coefficient (Wildman–Crippen LogP) is 1.93. The average molecular weight is 385 g/mol. The zero-order valence-corrected chi connectivity index (χ0v) is 16.4. The highest BCUT2D eigenvalue weighted by atomic mass is 32.2. The van der Waals surface area contributed by atoms with E-state index in [9.17, 15) is 8.42 Å². The van der Waals surface area contributed by atoms with Crippen LogP contribution in [0.5, 0.6) is 0 Å². The van der Waals surface area contributed by atoms with Gasteiger partial charge in [-0.2, -0.15) is 9.41 Å². The van der Waals surface area contributed by atoms with Crippen molar-refractivity contribution in [1.82, 2.24) is 14.6 Å². The van der Waals surface area contributed by atoms with Gasteiger partial charge in [0.15, 0.2) is 0 Å². The molecule has 1 saturated heterocycles. The van der Waals surface area contributed by atoms with Gasteiger partial charge in [0.25, 0.3) is 0 Å². The zero-order chi connectivity index (χ0) is 19.0. The molecule has 27 heavy (non-hydrogen) atoms. The Morgan fingerprint density at radius 2 is 1.67 bits per heavy atom. The molecule has 0 aromatic heterocycles. The molecule has 0 bridgehead atoms. The van der Waals surface area contributed by atoms with Crippen molar-refractivity contribution in [3.8, 4) is 0 Å². The van der Waals surface area contributed by atoms with Crippen LogP contribution in [0.25, 0.3) is 0 Å². The molecule has 0 amide bonds. The molecule has 0 aliphatic carbocycles. The van der Waals surface area contributed by atoms with Gasteiger partial charge in [-0.05, 0) is 12.5 Å². The lowest BCUT2D eigenvalue weighted by atomic mass is 9.94. The van der Waals surface area contributed by atoms with E-state index in [1.54, 1.807) is 4.31 Å². The molecule has 0 saturated carbocycles. The minimum absolute atomic E-state index is 0.0443. The number of benzene rings is 2. The Bertz CT molecular complexity index is 962. The summed E-state index contributed by atoms with van der Waals surface area (Å²) in [6, 6.07) is 16.7. The Labute approximate surface area is 160 Å². The highest BCUT2D eigenvalue weighted by Gasteiger charge is 2.32. The van der Waals surface area contributed by atoms with Gasteiger partial charge < -0.3 is 0 Å². The van der Waals surface area contributed by atoms with Crippen molar-refractivity contribution in [3.63, 3.8) is 0 Å². The van der Waals surface area contributed by atoms with Gasteiger partial charge >= 0.3 is 0 Å². The van der Waals surface area contributed by atoms with Crippen molar-refractivity contribution in [2.75, 3.05) is 32.4 Å². The topological polar surface area (TPSA) is 65.0 Å². The van der Waals surface area contributed by atoms with Gasteiger partial charge in [0.1, 0.15) is 6.17 Å². The van der Waals surface area contributed by atoms with E-state index >= 15 is 0 Å². The van der Waals surface area contributed by atoms with Crippen LogP contribution < -0.4 is 5.43 Å². The molecule has 2 aromatic carbocycles. The molecule has 1 fully saturated rings. The van der Waals surface area contributed by atoms with Crippen molar-refractivity contribution in [3.05, 3.63) is 70.8 Å². The average Bonchev–Trinajstić information content (AvgIpc) is 2.67. The van der Waals surface area contributed by atoms with Crippen molar-refractivity contribution in [2.45, 2.75) is 13.1 Å². The number of rotatable bonds is 3. The first-order chi connectivity index (χ1) is 12.9. The van der Waals surface area contributed by atoms with E-state index in [2.05, 4.69) is 58.7 Å². The summed E-state index contributed by atoms with van der Waals surface area (Å²) in [6.07, 6.45) is 1.23. The van der Waals surface area contributed by atoms with Crippen molar-refractivity contribution < 1.29 is 8.42 Å². The van der Waals surface area contributed by atoms with Crippen LogP contribution in [0.15, 0.2) is 53.6 Å². The maximum Gasteiger partial charge on any atom is 0.211 e. The molecule has 2 aliphatic heterocycles. The Balaban J connectivity index is 1.60. The van der Waals surface area contributed by atoms with Gasteiger partial charge in [-0.1, -0.05) is 54.1 Å². The Kier molecular flexibility index (Phi) is 4.75. The quantitative estimate of drug-likeness (QED) is 0.878. The molecule has 2 heterocycles. The van der Waals surface area contributed by atoms with E-state index in [4.69, 9.17) is 0 Å². The fraction of sp³-hybridized carbons (Fsp3) is 0.350. The molecule has 6 nitrogen and oxygen atoms in total. The van der Waals surface area contributed by atoms with Gasteiger partial charge in [-0.15, -0.1) is 0 Å². The summed E-state index contributed by atoms with van der Waals surface area (Å²) in [4.78, 5) is 2.26. The fourth-order valence-corrected chi connectivity index (χ4v) is 4.54. The summed E-state index contributed by atoms with van der Waals surface area (Å²) in [6.45, 7) is 4.44. The van der Waals surface area contributed by atoms with Gasteiger partial charge in [0, 0.05) is 37.3 Å². The standard InChI is InChI=1S/C20H24N4O2S/c1-15-7-9-16(10-8-15)19-17-5-3-4-6-18(17)20(22-21-19)23-11-13-24(14-12-23)27(2,25)26/h3-10,20,22H,11-14H2,1-2H3. The third-order valence-electron chi connectivity index (χ3n) is 5.24. The summed E-state index contributed by atoms with van der Waals surface area (Å²) in [7, 11) is -3.13. The highest BCUT2D eigenvalue weighted by Crippen LogP contribution is 2.29. The zero-order valence-electron chi connectivity index (χ0n) is 15.6. The fourth-order valence-electron chi connectivity index (χ4n) is 3.71. The van der Waals surface area contributed by atoms with E-state index in [0.29, 0.717) is 26.2 Å². The van der Waals surface area contributed by atoms with E-state index in [0.717, 1.165) is 16.8 Å². The van der Waals surface area contributed by atoms with Crippen LogP contribution >= 0.6 is 0 Å². The first-order valence-corrected chi connectivity index (χ1v) is 11.0. The second-order valence-electron chi connectivity index (χ2n) is 7.14. The lowest BCUT2D eigenvalue weighted by Crippen LogP contribution is -2.52. The second kappa shape index (κ2) is 7.07. The van der Waals surface area contributed by atoms with Crippen LogP contribution in [0.2, 0.25) is 0 Å². The lowest BCUT2D eigenvalue weighted by Gasteiger charge is -2.40. The lowest BCUT2D eigenvalue weighted by molar-refractivity contribution is 0.115. The number of aryl methyl sites for hydroxylation is 1. The van der Waals surface area contributed by atoms with Crippen molar-refractivity contribution in [1.29, 1.82) is 0 Å². The van der Waals surface area contributed by atoms with E-state index in [1.807, 2.05) is 12.1 Å². The second-order valence-corrected chi connectivity index (χ2v) is 9.13. The number of hydrogen-bond acceptors (Lipinski definition) is 5. The van der Waals surface area contributed by atoms with E-state index in [1.165, 1.54) is 17.4 Å². The maximum absolute atomic E-state index is 11.8. The summed E-state index contributed by atoms with van der Waals surface area (Å²) < 4.78 is 25.1. The van der Waals surface area contributed by atoms with Crippen LogP contribution in [0.3, 0.4) is 0 Å². The molecule has 142 valence electrons. The van der Waals surface area contributed by atoms with Gasteiger partial charge in [0.2, 0.25) is 10.0 Å². The summed E-state index contributed by atoms with van der Waals surface area (Å²) in [5.74, 6) is 0. The van der Waals surface area contributed by atoms with Crippen LogP contribution in [-0.2, 0) is 10.0 Å². The smallest absolute Gasteiger partial charge is 0.211 e. The Hall–Kier alpha value is -2.22. The molecule has 0 radical (unpaired) electrons. The van der Waals surface area contributed by atoms with Gasteiger partial charge in [-0.3, -0.25) is 10.3 Å². The Morgan fingerprint density at radius 1 is 1.00 bits per heavy atom. The van der Waals surface area contributed by atoms with E-state index < -0.39 is 10.0 Å². The highest BCUT2D eigenvalue weighted by molar-refractivity contribution is 7.88. The largest absolute Gasteiger partial charge is 0.288 e. The van der Waals surface area contributed by atoms with Crippen LogP contribution in [0.4, 0.5) is 0 Å². The summed E-state index contributed by atoms with van der Waals surface area (Å²) >= 11 is 0. The molecule has 2 aliphatic rings. The molecular formula is C20H24N4O2S. The van der Waals surface area contributed by atoms with Crippen molar-refractivity contribution in [2.24, 2.45) is 5.10 Å². The molecular weight excluding hydrogens is 360 g/mol. The number of piperazine rings is 1. The molecule has 7 heteroatoms. The van der Waals surface area contributed by atoms with Crippen LogP contribution in [-0.4, -0.2) is 55.8 Å². The number of nitrogens with zero attached hydrogens (tertiary/aromatic N) is 3. The number of hydrogen-bond donors (Lipinski definition) is 1. The maximum atomic E-state index is 11.8. The predicted molar refractivity (Wildman–Crippen MR) is 107 cm³/mol. The molecule has 0 spiro atoms. The van der Waals surface area contributed by atoms with Crippen molar-refractivity contribution >= 4 is 15.7 Å². The molecule has 2 aromatic rings. The first-order valence-electron chi connectivity index (χ1n) is 9.12.